The Morgan fingerprint density at radius 2 is 1.80 bits per heavy atom. The zero-order valence-electron chi connectivity index (χ0n) is 19.0. The van der Waals surface area contributed by atoms with E-state index in [1.165, 1.54) is 31.5 Å². The van der Waals surface area contributed by atoms with Crippen molar-refractivity contribution in [3.05, 3.63) is 24.3 Å². The van der Waals surface area contributed by atoms with E-state index in [0.29, 0.717) is 25.6 Å². The van der Waals surface area contributed by atoms with Gasteiger partial charge in [0.15, 0.2) is 0 Å². The molecule has 0 N–H and O–H groups in total. The van der Waals surface area contributed by atoms with Crippen LogP contribution in [0.1, 0.15) is 46.5 Å². The minimum atomic E-state index is -0.189. The molecule has 1 unspecified atom stereocenters. The van der Waals surface area contributed by atoms with E-state index < -0.39 is 0 Å². The van der Waals surface area contributed by atoms with Crippen LogP contribution < -0.4 is 9.64 Å². The van der Waals surface area contributed by atoms with Gasteiger partial charge in [0, 0.05) is 44.5 Å². The highest BCUT2D eigenvalue weighted by atomic mass is 16.6. The Morgan fingerprint density at radius 3 is 2.47 bits per heavy atom. The van der Waals surface area contributed by atoms with E-state index in [4.69, 9.17) is 9.47 Å². The van der Waals surface area contributed by atoms with Crippen LogP contribution in [0.4, 0.5) is 10.5 Å². The van der Waals surface area contributed by atoms with Crippen molar-refractivity contribution in [3.8, 4) is 5.75 Å². The molecule has 2 heterocycles. The van der Waals surface area contributed by atoms with Crippen LogP contribution in [0, 0.1) is 5.92 Å². The van der Waals surface area contributed by atoms with Gasteiger partial charge < -0.3 is 24.2 Å². The van der Waals surface area contributed by atoms with E-state index in [1.807, 2.05) is 13.8 Å². The average molecular weight is 418 g/mol. The summed E-state index contributed by atoms with van der Waals surface area (Å²) in [5.41, 5.74) is 1.18. The third kappa shape index (κ3) is 6.79. The molecule has 6 heteroatoms. The summed E-state index contributed by atoms with van der Waals surface area (Å²) in [5, 5.41) is 0. The SMILES string of the molecule is CC(C)COC(=O)N1CCN(c2ccc(OCCCN3CCCCC3C)cc2)CC1. The second kappa shape index (κ2) is 11.4. The van der Waals surface area contributed by atoms with Crippen LogP contribution >= 0.6 is 0 Å². The molecule has 0 saturated carbocycles. The van der Waals surface area contributed by atoms with Crippen molar-refractivity contribution in [2.75, 3.05) is 57.4 Å². The molecule has 0 spiro atoms. The first-order valence-corrected chi connectivity index (χ1v) is 11.7. The van der Waals surface area contributed by atoms with Crippen molar-refractivity contribution in [1.29, 1.82) is 0 Å². The Kier molecular flexibility index (Phi) is 8.67. The number of likely N-dealkylation sites (tertiary alicyclic amines) is 1. The van der Waals surface area contributed by atoms with Gasteiger partial charge in [-0.25, -0.2) is 4.79 Å². The quantitative estimate of drug-likeness (QED) is 0.592. The third-order valence-corrected chi connectivity index (χ3v) is 6.08. The van der Waals surface area contributed by atoms with E-state index in [-0.39, 0.29) is 6.09 Å². The summed E-state index contributed by atoms with van der Waals surface area (Å²) in [4.78, 5) is 18.8. The molecular weight excluding hydrogens is 378 g/mol. The molecule has 6 nitrogen and oxygen atoms in total. The smallest absolute Gasteiger partial charge is 0.409 e. The summed E-state index contributed by atoms with van der Waals surface area (Å²) in [6.45, 7) is 13.1. The predicted octanol–water partition coefficient (Wildman–Crippen LogP) is 4.24. The maximum absolute atomic E-state index is 12.1. The number of ether oxygens (including phenoxy) is 2. The Labute approximate surface area is 182 Å². The topological polar surface area (TPSA) is 45.3 Å². The molecule has 1 atom stereocenters. The molecule has 1 aromatic rings. The number of carbonyl (C=O) groups is 1. The summed E-state index contributed by atoms with van der Waals surface area (Å²) < 4.78 is 11.3. The van der Waals surface area contributed by atoms with Crippen molar-refractivity contribution < 1.29 is 14.3 Å². The van der Waals surface area contributed by atoms with Crippen molar-refractivity contribution in [2.24, 2.45) is 5.92 Å². The van der Waals surface area contributed by atoms with Gasteiger partial charge in [0.1, 0.15) is 5.75 Å². The van der Waals surface area contributed by atoms with Crippen LogP contribution in [0.3, 0.4) is 0 Å². The lowest BCUT2D eigenvalue weighted by Gasteiger charge is -2.35. The number of hydrogen-bond donors (Lipinski definition) is 0. The molecule has 30 heavy (non-hydrogen) atoms. The van der Waals surface area contributed by atoms with E-state index in [9.17, 15) is 4.79 Å². The fourth-order valence-corrected chi connectivity index (χ4v) is 4.18. The van der Waals surface area contributed by atoms with E-state index >= 15 is 0 Å². The molecule has 3 rings (SSSR count). The van der Waals surface area contributed by atoms with Crippen molar-refractivity contribution in [1.82, 2.24) is 9.80 Å². The zero-order valence-corrected chi connectivity index (χ0v) is 19.0. The van der Waals surface area contributed by atoms with Crippen LogP contribution in [-0.2, 0) is 4.74 Å². The van der Waals surface area contributed by atoms with E-state index in [0.717, 1.165) is 44.5 Å². The van der Waals surface area contributed by atoms with Crippen LogP contribution in [0.5, 0.6) is 5.75 Å². The number of rotatable bonds is 8. The molecule has 168 valence electrons. The summed E-state index contributed by atoms with van der Waals surface area (Å²) >= 11 is 0. The molecule has 1 amide bonds. The highest BCUT2D eigenvalue weighted by Crippen LogP contribution is 2.21. The number of piperidine rings is 1. The Morgan fingerprint density at radius 1 is 1.07 bits per heavy atom. The number of nitrogens with zero attached hydrogens (tertiary/aromatic N) is 3. The largest absolute Gasteiger partial charge is 0.494 e. The van der Waals surface area contributed by atoms with Gasteiger partial charge in [-0.15, -0.1) is 0 Å². The molecule has 0 aliphatic carbocycles. The second-order valence-corrected chi connectivity index (χ2v) is 9.02. The Hall–Kier alpha value is -1.95. The van der Waals surface area contributed by atoms with Crippen LogP contribution in [0.2, 0.25) is 0 Å². The lowest BCUT2D eigenvalue weighted by molar-refractivity contribution is 0.0901. The molecule has 1 aromatic carbocycles. The van der Waals surface area contributed by atoms with Gasteiger partial charge in [-0.2, -0.15) is 0 Å². The lowest BCUT2D eigenvalue weighted by atomic mass is 10.0. The number of carbonyl (C=O) groups excluding carboxylic acids is 1. The van der Waals surface area contributed by atoms with Crippen LogP contribution in [-0.4, -0.2) is 74.4 Å². The van der Waals surface area contributed by atoms with Gasteiger partial charge in [-0.05, 0) is 62.9 Å². The van der Waals surface area contributed by atoms with Gasteiger partial charge in [-0.3, -0.25) is 0 Å². The predicted molar refractivity (Wildman–Crippen MR) is 121 cm³/mol. The molecule has 0 radical (unpaired) electrons. The number of anilines is 1. The highest BCUT2D eigenvalue weighted by molar-refractivity contribution is 5.68. The molecule has 0 bridgehead atoms. The summed E-state index contributed by atoms with van der Waals surface area (Å²) in [6.07, 6.45) is 4.92. The van der Waals surface area contributed by atoms with Crippen molar-refractivity contribution in [3.63, 3.8) is 0 Å². The monoisotopic (exact) mass is 417 g/mol. The van der Waals surface area contributed by atoms with Crippen LogP contribution in [0.15, 0.2) is 24.3 Å². The molecule has 2 saturated heterocycles. The normalized spacial score (nSPS) is 20.5. The number of hydrogen-bond acceptors (Lipinski definition) is 5. The van der Waals surface area contributed by atoms with Gasteiger partial charge >= 0.3 is 6.09 Å². The first-order chi connectivity index (χ1) is 14.5. The van der Waals surface area contributed by atoms with Gasteiger partial charge in [0.05, 0.1) is 13.2 Å². The lowest BCUT2D eigenvalue weighted by Crippen LogP contribution is -2.49. The molecular formula is C24H39N3O3. The Bertz CT molecular complexity index is 642. The van der Waals surface area contributed by atoms with Gasteiger partial charge in [0.2, 0.25) is 0 Å². The molecule has 2 aliphatic rings. The molecule has 0 aromatic heterocycles. The summed E-state index contributed by atoms with van der Waals surface area (Å²) in [5.74, 6) is 1.30. The van der Waals surface area contributed by atoms with Crippen molar-refractivity contribution in [2.45, 2.75) is 52.5 Å². The molecule has 2 fully saturated rings. The maximum Gasteiger partial charge on any atom is 0.409 e. The summed E-state index contributed by atoms with van der Waals surface area (Å²) in [7, 11) is 0. The minimum Gasteiger partial charge on any atom is -0.494 e. The second-order valence-electron chi connectivity index (χ2n) is 9.02. The number of amides is 1. The average Bonchev–Trinajstić information content (AvgIpc) is 2.77. The highest BCUT2D eigenvalue weighted by Gasteiger charge is 2.22. The van der Waals surface area contributed by atoms with Gasteiger partial charge in [0.25, 0.3) is 0 Å². The van der Waals surface area contributed by atoms with E-state index in [2.05, 4.69) is 41.0 Å². The number of piperazine rings is 1. The fraction of sp³-hybridized carbons (Fsp3) is 0.708. The maximum atomic E-state index is 12.1. The fourth-order valence-electron chi connectivity index (χ4n) is 4.18. The summed E-state index contributed by atoms with van der Waals surface area (Å²) in [6, 6.07) is 9.07. The standard InChI is InChI=1S/C24H39N3O3/c1-20(2)19-30-24(28)27-16-14-26(15-17-27)22-8-10-23(11-9-22)29-18-6-13-25-12-5-4-7-21(25)3/h8-11,20-21H,4-7,12-19H2,1-3H3. The van der Waals surface area contributed by atoms with Crippen molar-refractivity contribution >= 4 is 11.8 Å². The third-order valence-electron chi connectivity index (χ3n) is 6.08. The first-order valence-electron chi connectivity index (χ1n) is 11.7. The van der Waals surface area contributed by atoms with E-state index in [1.54, 1.807) is 4.90 Å². The van der Waals surface area contributed by atoms with Crippen LogP contribution in [0.25, 0.3) is 0 Å². The van der Waals surface area contributed by atoms with Gasteiger partial charge in [-0.1, -0.05) is 20.3 Å². The molecule has 2 aliphatic heterocycles. The first kappa shape index (κ1) is 22.7. The number of benzene rings is 1. The minimum absolute atomic E-state index is 0.189. The Balaban J connectivity index is 1.36. The zero-order chi connectivity index (χ0) is 21.3.